The summed E-state index contributed by atoms with van der Waals surface area (Å²) in [7, 11) is 0. The van der Waals surface area contributed by atoms with Crippen LogP contribution < -0.4 is 0 Å². The third kappa shape index (κ3) is 5.10. The zero-order chi connectivity index (χ0) is 17.6. The highest BCUT2D eigenvalue weighted by Crippen LogP contribution is 2.43. The zero-order valence-electron chi connectivity index (χ0n) is 15.0. The summed E-state index contributed by atoms with van der Waals surface area (Å²) in [6.07, 6.45) is 11.8. The fraction of sp³-hybridized carbons (Fsp3) is 0.591. The van der Waals surface area contributed by atoms with Crippen molar-refractivity contribution in [1.82, 2.24) is 0 Å². The van der Waals surface area contributed by atoms with Crippen LogP contribution in [0.15, 0.2) is 36.9 Å². The summed E-state index contributed by atoms with van der Waals surface area (Å²) in [4.78, 5) is 11.6. The summed E-state index contributed by atoms with van der Waals surface area (Å²) < 4.78 is 5.53. The van der Waals surface area contributed by atoms with E-state index in [9.17, 15) is 4.79 Å². The first kappa shape index (κ1) is 18.5. The van der Waals surface area contributed by atoms with Gasteiger partial charge in [0.1, 0.15) is 6.10 Å². The van der Waals surface area contributed by atoms with E-state index in [-0.39, 0.29) is 12.1 Å². The number of carbonyl (C=O) groups excluding carboxylic acids is 1. The molecule has 3 heteroatoms. The Morgan fingerprint density at radius 1 is 1.00 bits per heavy atom. The lowest BCUT2D eigenvalue weighted by molar-refractivity contribution is -0.150. The minimum absolute atomic E-state index is 0.123. The number of benzene rings is 1. The minimum atomic E-state index is -0.123. The molecule has 0 radical (unpaired) electrons. The van der Waals surface area contributed by atoms with Gasteiger partial charge in [0.2, 0.25) is 0 Å². The van der Waals surface area contributed by atoms with Crippen molar-refractivity contribution in [3.05, 3.63) is 47.5 Å². The monoisotopic (exact) mass is 360 g/mol. The molecule has 0 unspecified atom stereocenters. The zero-order valence-corrected chi connectivity index (χ0v) is 15.7. The Bertz CT molecular complexity index is 564. The largest absolute Gasteiger partial charge is 0.462 e. The number of hydrogen-bond donors (Lipinski definition) is 0. The molecule has 3 rings (SSSR count). The van der Waals surface area contributed by atoms with Crippen molar-refractivity contribution < 1.29 is 9.53 Å². The van der Waals surface area contributed by atoms with Crippen LogP contribution in [0.1, 0.15) is 69.3 Å². The molecule has 2 saturated carbocycles. The maximum atomic E-state index is 11.6. The Morgan fingerprint density at radius 3 is 2.12 bits per heavy atom. The first-order chi connectivity index (χ1) is 12.2. The van der Waals surface area contributed by atoms with Crippen molar-refractivity contribution in [2.24, 2.45) is 11.8 Å². The average Bonchev–Trinajstić information content (AvgIpc) is 2.63. The quantitative estimate of drug-likeness (QED) is 0.455. The molecule has 1 aromatic rings. The highest BCUT2D eigenvalue weighted by atomic mass is 35.5. The standard InChI is InChI=1S/C22H29ClO2/c1-2-3-22(24)25-21-14-10-19(11-15-21)17-6-4-16(5-7-17)18-8-12-20(23)13-9-18/h2,8-9,12-13,16-17,19,21H,1,3-7,10-11,14-15H2/t16-,17-,19-,21-. The highest BCUT2D eigenvalue weighted by molar-refractivity contribution is 6.30. The second-order valence-corrected chi connectivity index (χ2v) is 8.12. The van der Waals surface area contributed by atoms with Gasteiger partial charge in [0.25, 0.3) is 0 Å². The first-order valence-electron chi connectivity index (χ1n) is 9.71. The average molecular weight is 361 g/mol. The van der Waals surface area contributed by atoms with Crippen molar-refractivity contribution in [2.75, 3.05) is 0 Å². The third-order valence-corrected chi connectivity index (χ3v) is 6.36. The predicted molar refractivity (Wildman–Crippen MR) is 103 cm³/mol. The van der Waals surface area contributed by atoms with Gasteiger partial charge in [0.15, 0.2) is 0 Å². The van der Waals surface area contributed by atoms with Crippen LogP contribution in [-0.4, -0.2) is 12.1 Å². The molecule has 0 spiro atoms. The van der Waals surface area contributed by atoms with Crippen molar-refractivity contribution in [1.29, 1.82) is 0 Å². The normalized spacial score (nSPS) is 29.8. The smallest absolute Gasteiger partial charge is 0.309 e. The Morgan fingerprint density at radius 2 is 1.56 bits per heavy atom. The van der Waals surface area contributed by atoms with Crippen LogP contribution in [0.5, 0.6) is 0 Å². The number of hydrogen-bond acceptors (Lipinski definition) is 2. The van der Waals surface area contributed by atoms with Gasteiger partial charge in [-0.25, -0.2) is 0 Å². The van der Waals surface area contributed by atoms with Crippen LogP contribution in [0.4, 0.5) is 0 Å². The number of halogens is 1. The van der Waals surface area contributed by atoms with Crippen molar-refractivity contribution >= 4 is 17.6 Å². The van der Waals surface area contributed by atoms with Crippen LogP contribution in [0.2, 0.25) is 5.02 Å². The van der Waals surface area contributed by atoms with E-state index in [1.54, 1.807) is 6.08 Å². The Hall–Kier alpha value is -1.28. The number of ether oxygens (including phenoxy) is 1. The molecule has 25 heavy (non-hydrogen) atoms. The van der Waals surface area contributed by atoms with Crippen LogP contribution in [-0.2, 0) is 9.53 Å². The van der Waals surface area contributed by atoms with E-state index in [1.807, 2.05) is 12.1 Å². The van der Waals surface area contributed by atoms with Gasteiger partial charge >= 0.3 is 5.97 Å². The van der Waals surface area contributed by atoms with Crippen molar-refractivity contribution in [3.8, 4) is 0 Å². The van der Waals surface area contributed by atoms with E-state index >= 15 is 0 Å². The summed E-state index contributed by atoms with van der Waals surface area (Å²) in [5.41, 5.74) is 1.45. The van der Waals surface area contributed by atoms with Gasteiger partial charge in [-0.1, -0.05) is 29.8 Å². The second kappa shape index (κ2) is 8.89. The topological polar surface area (TPSA) is 26.3 Å². The summed E-state index contributed by atoms with van der Waals surface area (Å²) in [6, 6.07) is 8.40. The lowest BCUT2D eigenvalue weighted by atomic mass is 9.69. The van der Waals surface area contributed by atoms with Gasteiger partial charge in [0, 0.05) is 5.02 Å². The molecule has 136 valence electrons. The summed E-state index contributed by atoms with van der Waals surface area (Å²) >= 11 is 6.00. The fourth-order valence-electron chi connectivity index (χ4n) is 4.69. The molecule has 0 bridgehead atoms. The van der Waals surface area contributed by atoms with Crippen LogP contribution in [0.25, 0.3) is 0 Å². The maximum Gasteiger partial charge on any atom is 0.309 e. The van der Waals surface area contributed by atoms with E-state index in [0.29, 0.717) is 12.3 Å². The maximum absolute atomic E-state index is 11.6. The first-order valence-corrected chi connectivity index (χ1v) is 10.1. The van der Waals surface area contributed by atoms with E-state index in [1.165, 1.54) is 44.1 Å². The molecule has 0 atom stereocenters. The molecule has 0 saturated heterocycles. The van der Waals surface area contributed by atoms with Gasteiger partial charge in [-0.05, 0) is 86.8 Å². The van der Waals surface area contributed by atoms with E-state index < -0.39 is 0 Å². The van der Waals surface area contributed by atoms with E-state index in [2.05, 4.69) is 18.7 Å². The van der Waals surface area contributed by atoms with E-state index in [0.717, 1.165) is 29.7 Å². The Balaban J connectivity index is 1.42. The molecule has 2 nitrogen and oxygen atoms in total. The molecule has 1 aromatic carbocycles. The Kier molecular flexibility index (Phi) is 6.58. The Labute approximate surface area is 156 Å². The van der Waals surface area contributed by atoms with Crippen LogP contribution >= 0.6 is 11.6 Å². The molecular weight excluding hydrogens is 332 g/mol. The molecule has 0 heterocycles. The third-order valence-electron chi connectivity index (χ3n) is 6.11. The second-order valence-electron chi connectivity index (χ2n) is 7.68. The molecule has 2 aliphatic rings. The summed E-state index contributed by atoms with van der Waals surface area (Å²) in [5.74, 6) is 2.25. The van der Waals surface area contributed by atoms with Crippen LogP contribution in [0, 0.1) is 11.8 Å². The predicted octanol–water partition coefficient (Wildman–Crippen LogP) is 6.29. The lowest BCUT2D eigenvalue weighted by Crippen LogP contribution is -2.29. The van der Waals surface area contributed by atoms with Crippen molar-refractivity contribution in [3.63, 3.8) is 0 Å². The number of carbonyl (C=O) groups is 1. The molecule has 0 amide bonds. The molecule has 0 aliphatic heterocycles. The van der Waals surface area contributed by atoms with Gasteiger partial charge in [-0.15, -0.1) is 6.58 Å². The van der Waals surface area contributed by atoms with Gasteiger partial charge in [-0.3, -0.25) is 4.79 Å². The van der Waals surface area contributed by atoms with Crippen molar-refractivity contribution in [2.45, 2.75) is 69.8 Å². The molecule has 2 aliphatic carbocycles. The fourth-order valence-corrected chi connectivity index (χ4v) is 4.81. The molecule has 0 N–H and O–H groups in total. The molecule has 0 aromatic heterocycles. The minimum Gasteiger partial charge on any atom is -0.462 e. The SMILES string of the molecule is C=CCC(=O)O[C@H]1CC[C@H]([C@H]2CC[C@H](c3ccc(Cl)cc3)CC2)CC1. The number of esters is 1. The summed E-state index contributed by atoms with van der Waals surface area (Å²) in [5, 5.41) is 0.822. The van der Waals surface area contributed by atoms with Crippen LogP contribution in [0.3, 0.4) is 0 Å². The van der Waals surface area contributed by atoms with Gasteiger partial charge in [-0.2, -0.15) is 0 Å². The molecule has 2 fully saturated rings. The van der Waals surface area contributed by atoms with E-state index in [4.69, 9.17) is 16.3 Å². The van der Waals surface area contributed by atoms with Gasteiger partial charge < -0.3 is 4.74 Å². The lowest BCUT2D eigenvalue weighted by Gasteiger charge is -2.37. The highest BCUT2D eigenvalue weighted by Gasteiger charge is 2.32. The van der Waals surface area contributed by atoms with Gasteiger partial charge in [0.05, 0.1) is 6.42 Å². The number of rotatable bonds is 5. The summed E-state index contributed by atoms with van der Waals surface area (Å²) in [6.45, 7) is 3.59. The molecular formula is C22H29ClO2.